The number of hydrogen-bond acceptors (Lipinski definition) is 2. The second-order valence-electron chi connectivity index (χ2n) is 3.74. The fourth-order valence-corrected chi connectivity index (χ4v) is 1.48. The van der Waals surface area contributed by atoms with Gasteiger partial charge in [0.05, 0.1) is 6.42 Å². The van der Waals surface area contributed by atoms with E-state index in [0.29, 0.717) is 6.42 Å². The Bertz CT molecular complexity index is 384. The summed E-state index contributed by atoms with van der Waals surface area (Å²) in [6.45, 7) is 1.37. The van der Waals surface area contributed by atoms with Gasteiger partial charge in [0.15, 0.2) is 0 Å². The summed E-state index contributed by atoms with van der Waals surface area (Å²) >= 11 is 0. The lowest BCUT2D eigenvalue weighted by Gasteiger charge is -2.10. The van der Waals surface area contributed by atoms with Crippen molar-refractivity contribution in [3.8, 4) is 0 Å². The minimum absolute atomic E-state index is 0.160. The van der Waals surface area contributed by atoms with Crippen LogP contribution >= 0.6 is 0 Å². The van der Waals surface area contributed by atoms with Crippen molar-refractivity contribution in [2.45, 2.75) is 19.8 Å². The van der Waals surface area contributed by atoms with Crippen LogP contribution in [0.3, 0.4) is 0 Å². The Morgan fingerprint density at radius 2 is 1.88 bits per heavy atom. The first-order valence-corrected chi connectivity index (χ1v) is 4.95. The van der Waals surface area contributed by atoms with Gasteiger partial charge in [0.1, 0.15) is 11.6 Å². The summed E-state index contributed by atoms with van der Waals surface area (Å²) in [5.41, 5.74) is 0.767. The van der Waals surface area contributed by atoms with E-state index in [1.54, 1.807) is 12.1 Å². The van der Waals surface area contributed by atoms with E-state index < -0.39 is 11.9 Å². The average Bonchev–Trinajstić information content (AvgIpc) is 2.19. The number of benzene rings is 1. The number of carboxylic acids is 1. The highest BCUT2D eigenvalue weighted by molar-refractivity contribution is 5.83. The Balaban J connectivity index is 2.71. The van der Waals surface area contributed by atoms with Crippen LogP contribution in [-0.4, -0.2) is 16.9 Å². The lowest BCUT2D eigenvalue weighted by Crippen LogP contribution is -2.18. The monoisotopic (exact) mass is 224 g/mol. The topological polar surface area (TPSA) is 54.4 Å². The fraction of sp³-hybridized carbons (Fsp3) is 0.333. The summed E-state index contributed by atoms with van der Waals surface area (Å²) in [4.78, 5) is 21.8. The summed E-state index contributed by atoms with van der Waals surface area (Å²) in [5, 5.41) is 8.64. The quantitative estimate of drug-likeness (QED) is 0.832. The minimum atomic E-state index is -0.998. The van der Waals surface area contributed by atoms with E-state index in [-0.39, 0.29) is 18.0 Å². The van der Waals surface area contributed by atoms with Gasteiger partial charge in [-0.25, -0.2) is 4.39 Å². The van der Waals surface area contributed by atoms with Crippen molar-refractivity contribution < 1.29 is 19.1 Å². The van der Waals surface area contributed by atoms with Crippen LogP contribution in [0, 0.1) is 11.7 Å². The van der Waals surface area contributed by atoms with E-state index in [0.717, 1.165) is 5.56 Å². The fourth-order valence-electron chi connectivity index (χ4n) is 1.48. The molecule has 0 spiro atoms. The maximum Gasteiger partial charge on any atom is 0.304 e. The van der Waals surface area contributed by atoms with Crippen LogP contribution in [0.5, 0.6) is 0 Å². The maximum atomic E-state index is 12.6. The zero-order valence-corrected chi connectivity index (χ0v) is 8.94. The molecule has 0 radical (unpaired) electrons. The van der Waals surface area contributed by atoms with E-state index in [1.165, 1.54) is 19.1 Å². The molecular weight excluding hydrogens is 211 g/mol. The van der Waals surface area contributed by atoms with Gasteiger partial charge in [0, 0.05) is 5.92 Å². The largest absolute Gasteiger partial charge is 0.481 e. The van der Waals surface area contributed by atoms with Crippen LogP contribution in [0.25, 0.3) is 0 Å². The van der Waals surface area contributed by atoms with Crippen LogP contribution in [0.2, 0.25) is 0 Å². The van der Waals surface area contributed by atoms with Crippen molar-refractivity contribution in [1.82, 2.24) is 0 Å². The number of carboxylic acid groups (broad SMARTS) is 1. The number of ketones is 1. The zero-order valence-electron chi connectivity index (χ0n) is 8.94. The van der Waals surface area contributed by atoms with Gasteiger partial charge in [-0.3, -0.25) is 9.59 Å². The number of halogens is 1. The molecule has 0 aromatic heterocycles. The summed E-state index contributed by atoms with van der Waals surface area (Å²) < 4.78 is 12.6. The molecule has 0 fully saturated rings. The molecule has 1 atom stereocenters. The van der Waals surface area contributed by atoms with Crippen LogP contribution in [0.1, 0.15) is 18.9 Å². The second-order valence-corrected chi connectivity index (χ2v) is 3.74. The molecule has 1 rings (SSSR count). The van der Waals surface area contributed by atoms with E-state index >= 15 is 0 Å². The van der Waals surface area contributed by atoms with Crippen molar-refractivity contribution in [2.75, 3.05) is 0 Å². The molecule has 0 saturated heterocycles. The lowest BCUT2D eigenvalue weighted by molar-refractivity contribution is -0.140. The van der Waals surface area contributed by atoms with Gasteiger partial charge in [-0.1, -0.05) is 12.1 Å². The van der Waals surface area contributed by atoms with E-state index in [2.05, 4.69) is 0 Å². The predicted molar refractivity (Wildman–Crippen MR) is 56.5 cm³/mol. The number of hydrogen-bond donors (Lipinski definition) is 1. The van der Waals surface area contributed by atoms with Crippen molar-refractivity contribution >= 4 is 11.8 Å². The molecule has 16 heavy (non-hydrogen) atoms. The molecule has 4 heteroatoms. The van der Waals surface area contributed by atoms with Crippen molar-refractivity contribution in [3.05, 3.63) is 35.6 Å². The second kappa shape index (κ2) is 5.39. The zero-order chi connectivity index (χ0) is 12.1. The van der Waals surface area contributed by atoms with E-state index in [9.17, 15) is 14.0 Å². The van der Waals surface area contributed by atoms with Crippen molar-refractivity contribution in [2.24, 2.45) is 5.92 Å². The summed E-state index contributed by atoms with van der Waals surface area (Å²) in [6.07, 6.45) is 0.147. The molecule has 1 N–H and O–H groups in total. The highest BCUT2D eigenvalue weighted by atomic mass is 19.1. The molecular formula is C12H13FO3. The van der Waals surface area contributed by atoms with Crippen LogP contribution < -0.4 is 0 Å². The SMILES string of the molecule is CC(=O)C(CC(=O)O)Cc1ccc(F)cc1. The number of carbonyl (C=O) groups is 2. The Labute approximate surface area is 92.9 Å². The number of aliphatic carboxylic acids is 1. The highest BCUT2D eigenvalue weighted by Crippen LogP contribution is 2.14. The first-order valence-electron chi connectivity index (χ1n) is 4.95. The van der Waals surface area contributed by atoms with Gasteiger partial charge in [0.2, 0.25) is 0 Å². The van der Waals surface area contributed by atoms with Crippen LogP contribution in [-0.2, 0) is 16.0 Å². The highest BCUT2D eigenvalue weighted by Gasteiger charge is 2.18. The van der Waals surface area contributed by atoms with Gasteiger partial charge >= 0.3 is 5.97 Å². The lowest BCUT2D eigenvalue weighted by atomic mass is 9.93. The Hall–Kier alpha value is -1.71. The molecule has 1 aromatic carbocycles. The smallest absolute Gasteiger partial charge is 0.304 e. The van der Waals surface area contributed by atoms with Crippen molar-refractivity contribution in [3.63, 3.8) is 0 Å². The Morgan fingerprint density at radius 1 is 1.31 bits per heavy atom. The normalized spacial score (nSPS) is 12.1. The number of Topliss-reactive ketones (excluding diaryl/α,β-unsaturated/α-hetero) is 1. The molecule has 0 amide bonds. The molecule has 1 unspecified atom stereocenters. The third kappa shape index (κ3) is 3.81. The first kappa shape index (κ1) is 12.4. The standard InChI is InChI=1S/C12H13FO3/c1-8(14)10(7-12(15)16)6-9-2-4-11(13)5-3-9/h2-5,10H,6-7H2,1H3,(H,15,16). The van der Waals surface area contributed by atoms with Gasteiger partial charge in [-0.15, -0.1) is 0 Å². The van der Waals surface area contributed by atoms with Gasteiger partial charge < -0.3 is 5.11 Å². The van der Waals surface area contributed by atoms with E-state index in [1.807, 2.05) is 0 Å². The summed E-state index contributed by atoms with van der Waals surface area (Å²) in [5.74, 6) is -2.04. The van der Waals surface area contributed by atoms with Crippen LogP contribution in [0.15, 0.2) is 24.3 Å². The average molecular weight is 224 g/mol. The first-order chi connectivity index (χ1) is 7.49. The predicted octanol–water partition coefficient (Wildman–Crippen LogP) is 2.05. The Morgan fingerprint density at radius 3 is 2.31 bits per heavy atom. The molecule has 0 aliphatic rings. The van der Waals surface area contributed by atoms with Gasteiger partial charge in [-0.05, 0) is 31.0 Å². The number of carbonyl (C=O) groups excluding carboxylic acids is 1. The van der Waals surface area contributed by atoms with Gasteiger partial charge in [-0.2, -0.15) is 0 Å². The molecule has 0 bridgehead atoms. The third-order valence-corrected chi connectivity index (χ3v) is 2.39. The molecule has 0 aliphatic heterocycles. The molecule has 0 saturated carbocycles. The molecule has 3 nitrogen and oxygen atoms in total. The van der Waals surface area contributed by atoms with E-state index in [4.69, 9.17) is 5.11 Å². The Kier molecular flexibility index (Phi) is 4.17. The summed E-state index contributed by atoms with van der Waals surface area (Å²) in [7, 11) is 0. The maximum absolute atomic E-state index is 12.6. The van der Waals surface area contributed by atoms with Crippen molar-refractivity contribution in [1.29, 1.82) is 0 Å². The summed E-state index contributed by atoms with van der Waals surface area (Å²) in [6, 6.07) is 5.72. The molecule has 0 aliphatic carbocycles. The number of rotatable bonds is 5. The molecule has 1 aromatic rings. The molecule has 0 heterocycles. The van der Waals surface area contributed by atoms with Crippen LogP contribution in [0.4, 0.5) is 4.39 Å². The molecule has 86 valence electrons. The van der Waals surface area contributed by atoms with Gasteiger partial charge in [0.25, 0.3) is 0 Å². The third-order valence-electron chi connectivity index (χ3n) is 2.39. The minimum Gasteiger partial charge on any atom is -0.481 e.